The second kappa shape index (κ2) is 7.53. The molecule has 2 amide bonds. The summed E-state index contributed by atoms with van der Waals surface area (Å²) in [6.07, 6.45) is 0.384. The first-order valence-corrected chi connectivity index (χ1v) is 8.94. The number of amides is 2. The van der Waals surface area contributed by atoms with Crippen molar-refractivity contribution < 1.29 is 9.59 Å². The second-order valence-corrected chi connectivity index (χ2v) is 7.15. The number of carbonyl (C=O) groups is 2. The topological polar surface area (TPSA) is 52.7 Å². The Labute approximate surface area is 147 Å². The van der Waals surface area contributed by atoms with Gasteiger partial charge >= 0.3 is 0 Å². The van der Waals surface area contributed by atoms with Crippen molar-refractivity contribution >= 4 is 23.4 Å². The highest BCUT2D eigenvalue weighted by molar-refractivity contribution is 6.30. The fraction of sp³-hybridized carbons (Fsp3) is 0.556. The van der Waals surface area contributed by atoms with Crippen LogP contribution in [0, 0.1) is 11.8 Å². The van der Waals surface area contributed by atoms with Gasteiger partial charge in [0.25, 0.3) is 0 Å². The first kappa shape index (κ1) is 17.2. The summed E-state index contributed by atoms with van der Waals surface area (Å²) in [6, 6.07) is 7.37. The molecule has 5 nitrogen and oxygen atoms in total. The zero-order chi connectivity index (χ0) is 17.1. The summed E-state index contributed by atoms with van der Waals surface area (Å²) < 4.78 is 0. The van der Waals surface area contributed by atoms with E-state index in [1.807, 2.05) is 28.9 Å². The maximum atomic E-state index is 12.5. The van der Waals surface area contributed by atoms with E-state index in [0.29, 0.717) is 43.5 Å². The Morgan fingerprint density at radius 3 is 2.25 bits per heavy atom. The normalized spacial score (nSPS) is 19.8. The van der Waals surface area contributed by atoms with Crippen molar-refractivity contribution in [3.05, 3.63) is 34.9 Å². The lowest BCUT2D eigenvalue weighted by atomic mass is 9.88. The predicted molar refractivity (Wildman–Crippen MR) is 93.8 cm³/mol. The van der Waals surface area contributed by atoms with Gasteiger partial charge in [0.1, 0.15) is 0 Å². The van der Waals surface area contributed by atoms with Gasteiger partial charge in [-0.05, 0) is 36.7 Å². The van der Waals surface area contributed by atoms with Crippen LogP contribution in [0.5, 0.6) is 0 Å². The Morgan fingerprint density at radius 1 is 1.12 bits per heavy atom. The van der Waals surface area contributed by atoms with Crippen molar-refractivity contribution in [1.82, 2.24) is 15.1 Å². The molecule has 1 aromatic carbocycles. The van der Waals surface area contributed by atoms with Crippen LogP contribution < -0.4 is 5.32 Å². The van der Waals surface area contributed by atoms with Gasteiger partial charge < -0.3 is 15.1 Å². The molecular formula is C18H24ClN3O2. The standard InChI is InChI=1S/C18H24ClN3O2/c1-13(15-11-20-12-15)18(24)22-8-6-21(7-9-22)17(23)10-14-2-4-16(19)5-3-14/h2-5,13,15,20H,6-12H2,1H3. The van der Waals surface area contributed by atoms with Crippen molar-refractivity contribution in [2.24, 2.45) is 11.8 Å². The van der Waals surface area contributed by atoms with Crippen LogP contribution in [0.2, 0.25) is 5.02 Å². The Balaban J connectivity index is 1.48. The van der Waals surface area contributed by atoms with Gasteiger partial charge in [-0.15, -0.1) is 0 Å². The smallest absolute Gasteiger partial charge is 0.227 e. The monoisotopic (exact) mass is 349 g/mol. The summed E-state index contributed by atoms with van der Waals surface area (Å²) in [6.45, 7) is 6.40. The molecule has 1 N–H and O–H groups in total. The van der Waals surface area contributed by atoms with E-state index in [1.54, 1.807) is 12.1 Å². The molecule has 2 heterocycles. The molecule has 1 atom stereocenters. The van der Waals surface area contributed by atoms with Crippen molar-refractivity contribution in [1.29, 1.82) is 0 Å². The maximum absolute atomic E-state index is 12.5. The third kappa shape index (κ3) is 3.90. The number of hydrogen-bond acceptors (Lipinski definition) is 3. The number of benzene rings is 1. The average Bonchev–Trinajstić information content (AvgIpc) is 2.55. The number of nitrogens with zero attached hydrogens (tertiary/aromatic N) is 2. The summed E-state index contributed by atoms with van der Waals surface area (Å²) >= 11 is 5.87. The number of rotatable bonds is 4. The quantitative estimate of drug-likeness (QED) is 0.894. The lowest BCUT2D eigenvalue weighted by Gasteiger charge is -2.39. The Bertz CT molecular complexity index is 593. The summed E-state index contributed by atoms with van der Waals surface area (Å²) in [5.41, 5.74) is 0.967. The van der Waals surface area contributed by atoms with Gasteiger partial charge in [0.05, 0.1) is 6.42 Å². The molecule has 0 aliphatic carbocycles. The summed E-state index contributed by atoms with van der Waals surface area (Å²) in [5.74, 6) is 0.872. The molecule has 6 heteroatoms. The average molecular weight is 350 g/mol. The van der Waals surface area contributed by atoms with Gasteiger partial charge in [-0.25, -0.2) is 0 Å². The highest BCUT2D eigenvalue weighted by Crippen LogP contribution is 2.19. The minimum absolute atomic E-state index is 0.0718. The van der Waals surface area contributed by atoms with E-state index in [0.717, 1.165) is 18.7 Å². The van der Waals surface area contributed by atoms with Gasteiger partial charge in [0.2, 0.25) is 11.8 Å². The molecule has 0 radical (unpaired) electrons. The zero-order valence-corrected chi connectivity index (χ0v) is 14.8. The molecule has 2 saturated heterocycles. The van der Waals surface area contributed by atoms with Crippen LogP contribution in [0.3, 0.4) is 0 Å². The third-order valence-corrected chi connectivity index (χ3v) is 5.37. The minimum Gasteiger partial charge on any atom is -0.339 e. The van der Waals surface area contributed by atoms with E-state index in [1.165, 1.54) is 0 Å². The molecule has 3 rings (SSSR count). The maximum Gasteiger partial charge on any atom is 0.227 e. The summed E-state index contributed by atoms with van der Waals surface area (Å²) in [7, 11) is 0. The predicted octanol–water partition coefficient (Wildman–Crippen LogP) is 1.41. The molecule has 2 fully saturated rings. The Morgan fingerprint density at radius 2 is 1.71 bits per heavy atom. The van der Waals surface area contributed by atoms with Crippen LogP contribution in [0.4, 0.5) is 0 Å². The van der Waals surface area contributed by atoms with Gasteiger partial charge in [0, 0.05) is 37.1 Å². The van der Waals surface area contributed by atoms with Crippen molar-refractivity contribution in [3.8, 4) is 0 Å². The van der Waals surface area contributed by atoms with Crippen LogP contribution in [-0.4, -0.2) is 60.9 Å². The van der Waals surface area contributed by atoms with Gasteiger partial charge in [-0.2, -0.15) is 0 Å². The van der Waals surface area contributed by atoms with Crippen LogP contribution >= 0.6 is 11.6 Å². The van der Waals surface area contributed by atoms with Crippen LogP contribution in [0.1, 0.15) is 12.5 Å². The van der Waals surface area contributed by atoms with Crippen LogP contribution in [0.15, 0.2) is 24.3 Å². The van der Waals surface area contributed by atoms with Crippen molar-refractivity contribution in [2.45, 2.75) is 13.3 Å². The van der Waals surface area contributed by atoms with Gasteiger partial charge in [-0.3, -0.25) is 9.59 Å². The number of carbonyl (C=O) groups excluding carboxylic acids is 2. The Kier molecular flexibility index (Phi) is 5.41. The number of halogens is 1. The summed E-state index contributed by atoms with van der Waals surface area (Å²) in [5, 5.41) is 3.89. The highest BCUT2D eigenvalue weighted by Gasteiger charge is 2.33. The van der Waals surface area contributed by atoms with Gasteiger partial charge in [-0.1, -0.05) is 30.7 Å². The van der Waals surface area contributed by atoms with E-state index >= 15 is 0 Å². The molecule has 2 aliphatic heterocycles. The van der Waals surface area contributed by atoms with E-state index < -0.39 is 0 Å². The first-order chi connectivity index (χ1) is 11.5. The van der Waals surface area contributed by atoms with E-state index in [4.69, 9.17) is 11.6 Å². The lowest BCUT2D eigenvalue weighted by Crippen LogP contribution is -2.55. The van der Waals surface area contributed by atoms with Crippen LogP contribution in [-0.2, 0) is 16.0 Å². The molecule has 0 aromatic heterocycles. The van der Waals surface area contributed by atoms with Crippen molar-refractivity contribution in [2.75, 3.05) is 39.3 Å². The molecule has 2 aliphatic rings. The molecule has 0 saturated carbocycles. The molecule has 24 heavy (non-hydrogen) atoms. The fourth-order valence-corrected chi connectivity index (χ4v) is 3.35. The van der Waals surface area contributed by atoms with E-state index in [2.05, 4.69) is 5.32 Å². The number of nitrogens with one attached hydrogen (secondary N) is 1. The SMILES string of the molecule is CC(C(=O)N1CCN(C(=O)Cc2ccc(Cl)cc2)CC1)C1CNC1. The fourth-order valence-electron chi connectivity index (χ4n) is 3.22. The first-order valence-electron chi connectivity index (χ1n) is 8.56. The number of hydrogen-bond donors (Lipinski definition) is 1. The van der Waals surface area contributed by atoms with Crippen LogP contribution in [0.25, 0.3) is 0 Å². The lowest BCUT2D eigenvalue weighted by molar-refractivity contribution is -0.143. The largest absolute Gasteiger partial charge is 0.339 e. The van der Waals surface area contributed by atoms with E-state index in [9.17, 15) is 9.59 Å². The van der Waals surface area contributed by atoms with E-state index in [-0.39, 0.29) is 17.7 Å². The minimum atomic E-state index is 0.0718. The molecule has 1 aromatic rings. The highest BCUT2D eigenvalue weighted by atomic mass is 35.5. The van der Waals surface area contributed by atoms with Crippen molar-refractivity contribution in [3.63, 3.8) is 0 Å². The number of piperazine rings is 1. The summed E-state index contributed by atoms with van der Waals surface area (Å²) in [4.78, 5) is 28.7. The third-order valence-electron chi connectivity index (χ3n) is 5.12. The molecule has 0 bridgehead atoms. The molecule has 130 valence electrons. The Hall–Kier alpha value is -1.59. The molecule has 1 unspecified atom stereocenters. The zero-order valence-electron chi connectivity index (χ0n) is 14.0. The molecule has 0 spiro atoms. The second-order valence-electron chi connectivity index (χ2n) is 6.72. The molecular weight excluding hydrogens is 326 g/mol. The van der Waals surface area contributed by atoms with Gasteiger partial charge in [0.15, 0.2) is 0 Å².